The van der Waals surface area contributed by atoms with E-state index in [1.807, 2.05) is 43.3 Å². The fourth-order valence-electron chi connectivity index (χ4n) is 2.90. The molecule has 1 aliphatic heterocycles. The molecule has 1 heterocycles. The van der Waals surface area contributed by atoms with E-state index >= 15 is 0 Å². The minimum Gasteiger partial charge on any atom is -0.478 e. The zero-order chi connectivity index (χ0) is 22.5. The predicted molar refractivity (Wildman–Crippen MR) is 122 cm³/mol. The van der Waals surface area contributed by atoms with Crippen molar-refractivity contribution in [3.63, 3.8) is 0 Å². The van der Waals surface area contributed by atoms with E-state index in [1.165, 1.54) is 24.3 Å². The number of nitrogens with zero attached hydrogens (tertiary/aromatic N) is 4. The molecule has 2 aromatic carbocycles. The van der Waals surface area contributed by atoms with Gasteiger partial charge in [0.05, 0.1) is 17.5 Å². The van der Waals surface area contributed by atoms with Crippen LogP contribution in [-0.4, -0.2) is 53.6 Å². The van der Waals surface area contributed by atoms with Gasteiger partial charge in [0.2, 0.25) is 11.8 Å². The molecule has 0 aliphatic carbocycles. The normalized spacial score (nSPS) is 16.9. The molecule has 0 aromatic heterocycles. The van der Waals surface area contributed by atoms with Crippen LogP contribution in [0.15, 0.2) is 58.7 Å². The van der Waals surface area contributed by atoms with E-state index < -0.39 is 17.1 Å². The molecule has 31 heavy (non-hydrogen) atoms. The molecule has 1 saturated heterocycles. The van der Waals surface area contributed by atoms with E-state index in [1.54, 1.807) is 6.21 Å². The highest BCUT2D eigenvalue weighted by atomic mass is 32.2. The van der Waals surface area contributed by atoms with Gasteiger partial charge < -0.3 is 15.7 Å². The Labute approximate surface area is 183 Å². The second-order valence-corrected chi connectivity index (χ2v) is 8.12. The first-order valence-electron chi connectivity index (χ1n) is 9.27. The minimum atomic E-state index is -1.09. The lowest BCUT2D eigenvalue weighted by Gasteiger charge is -2.14. The van der Waals surface area contributed by atoms with E-state index in [9.17, 15) is 14.4 Å². The van der Waals surface area contributed by atoms with Crippen LogP contribution in [0.2, 0.25) is 0 Å². The number of hydrogen-bond acceptors (Lipinski definition) is 7. The van der Waals surface area contributed by atoms with Crippen molar-refractivity contribution >= 4 is 52.3 Å². The monoisotopic (exact) mass is 439 g/mol. The maximum absolute atomic E-state index is 12.7. The molecule has 3 rings (SSSR count). The molecule has 0 spiro atoms. The van der Waals surface area contributed by atoms with Gasteiger partial charge in [-0.15, -0.1) is 5.10 Å². The number of amides is 2. The van der Waals surface area contributed by atoms with Crippen LogP contribution in [-0.2, 0) is 9.59 Å². The van der Waals surface area contributed by atoms with E-state index in [-0.39, 0.29) is 23.1 Å². The summed E-state index contributed by atoms with van der Waals surface area (Å²) in [6.07, 6.45) is 1.51. The number of benzene rings is 2. The molecule has 1 atom stereocenters. The molecule has 1 unspecified atom stereocenters. The number of carbonyl (C=O) groups is 3. The van der Waals surface area contributed by atoms with E-state index in [2.05, 4.69) is 10.2 Å². The lowest BCUT2D eigenvalue weighted by Crippen LogP contribution is -2.31. The molecule has 2 amide bonds. The first kappa shape index (κ1) is 22.0. The van der Waals surface area contributed by atoms with Crippen LogP contribution >= 0.6 is 11.8 Å². The third kappa shape index (κ3) is 5.28. The maximum atomic E-state index is 12.7. The van der Waals surface area contributed by atoms with Gasteiger partial charge in [0.15, 0.2) is 5.17 Å². The molecule has 1 fully saturated rings. The smallest absolute Gasteiger partial charge is 0.335 e. The predicted octanol–water partition coefficient (Wildman–Crippen LogP) is 2.16. The molecule has 160 valence electrons. The van der Waals surface area contributed by atoms with Crippen molar-refractivity contribution in [2.24, 2.45) is 15.9 Å². The quantitative estimate of drug-likeness (QED) is 0.305. The number of imide groups is 1. The summed E-state index contributed by atoms with van der Waals surface area (Å²) in [7, 11) is 3.90. The van der Waals surface area contributed by atoms with Gasteiger partial charge in [-0.05, 0) is 42.0 Å². The first-order valence-corrected chi connectivity index (χ1v) is 10.1. The van der Waals surface area contributed by atoms with Crippen molar-refractivity contribution in [3.05, 3.63) is 59.7 Å². The molecule has 9 nitrogen and oxygen atoms in total. The minimum absolute atomic E-state index is 0.0316. The van der Waals surface area contributed by atoms with Gasteiger partial charge in [-0.2, -0.15) is 5.10 Å². The summed E-state index contributed by atoms with van der Waals surface area (Å²) in [5.41, 5.74) is 8.16. The number of rotatable bonds is 6. The van der Waals surface area contributed by atoms with Gasteiger partial charge in [-0.1, -0.05) is 23.9 Å². The van der Waals surface area contributed by atoms with Crippen LogP contribution in [0.3, 0.4) is 0 Å². The number of nitrogens with two attached hydrogens (primary N) is 1. The highest BCUT2D eigenvalue weighted by Gasteiger charge is 2.40. The van der Waals surface area contributed by atoms with Crippen LogP contribution in [0, 0.1) is 0 Å². The topological polar surface area (TPSA) is 129 Å². The number of amidine groups is 1. The molecule has 1 aliphatic rings. The summed E-state index contributed by atoms with van der Waals surface area (Å²) in [5, 5.41) is 16.2. The van der Waals surface area contributed by atoms with Crippen LogP contribution in [0.25, 0.3) is 0 Å². The van der Waals surface area contributed by atoms with E-state index in [4.69, 9.17) is 10.8 Å². The number of hydrogen-bond donors (Lipinski definition) is 2. The fourth-order valence-corrected chi connectivity index (χ4v) is 3.72. The van der Waals surface area contributed by atoms with Crippen molar-refractivity contribution in [2.75, 3.05) is 23.9 Å². The highest BCUT2D eigenvalue weighted by Crippen LogP contribution is 2.30. The van der Waals surface area contributed by atoms with Crippen LogP contribution in [0.5, 0.6) is 0 Å². The zero-order valence-corrected chi connectivity index (χ0v) is 17.7. The number of carboxylic acid groups (broad SMARTS) is 1. The summed E-state index contributed by atoms with van der Waals surface area (Å²) in [6.45, 7) is 0. The Morgan fingerprint density at radius 2 is 1.81 bits per heavy atom. The standard InChI is InChI=1S/C21H21N5O4S/c1-25(2)15-7-3-13(4-8-15)12-23-24-21(22)31-17-11-18(27)26(19(17)28)16-9-5-14(6-10-16)20(29)30/h3-10,12,17H,11H2,1-2H3,(H2,22,24)(H,29,30). The van der Waals surface area contributed by atoms with Gasteiger partial charge in [0, 0.05) is 26.2 Å². The second-order valence-electron chi connectivity index (χ2n) is 6.90. The van der Waals surface area contributed by atoms with Crippen molar-refractivity contribution in [1.29, 1.82) is 0 Å². The van der Waals surface area contributed by atoms with Gasteiger partial charge in [0.1, 0.15) is 5.25 Å². The summed E-state index contributed by atoms with van der Waals surface area (Å²) in [5.74, 6) is -1.90. The lowest BCUT2D eigenvalue weighted by atomic mass is 10.2. The third-order valence-corrected chi connectivity index (χ3v) is 5.49. The summed E-state index contributed by atoms with van der Waals surface area (Å²) in [6, 6.07) is 13.2. The number of thioether (sulfide) groups is 1. The molecular formula is C21H21N5O4S. The van der Waals surface area contributed by atoms with Crippen LogP contribution in [0.1, 0.15) is 22.3 Å². The van der Waals surface area contributed by atoms with Crippen molar-refractivity contribution in [3.8, 4) is 0 Å². The Balaban J connectivity index is 1.63. The van der Waals surface area contributed by atoms with Crippen molar-refractivity contribution < 1.29 is 19.5 Å². The average molecular weight is 439 g/mol. The van der Waals surface area contributed by atoms with Gasteiger partial charge >= 0.3 is 5.97 Å². The summed E-state index contributed by atoms with van der Waals surface area (Å²) in [4.78, 5) is 39.0. The number of carboxylic acids is 1. The van der Waals surface area contributed by atoms with Crippen molar-refractivity contribution in [2.45, 2.75) is 11.7 Å². The summed E-state index contributed by atoms with van der Waals surface area (Å²) < 4.78 is 0. The Bertz CT molecular complexity index is 1050. The van der Waals surface area contributed by atoms with Crippen LogP contribution in [0.4, 0.5) is 11.4 Å². The van der Waals surface area contributed by atoms with Crippen molar-refractivity contribution in [1.82, 2.24) is 0 Å². The van der Waals surface area contributed by atoms with Gasteiger partial charge in [-0.25, -0.2) is 9.69 Å². The largest absolute Gasteiger partial charge is 0.478 e. The molecule has 3 N–H and O–H groups in total. The number of anilines is 2. The number of aromatic carboxylic acids is 1. The fraction of sp³-hybridized carbons (Fsp3) is 0.190. The molecule has 10 heteroatoms. The van der Waals surface area contributed by atoms with Crippen LogP contribution < -0.4 is 15.5 Å². The van der Waals surface area contributed by atoms with E-state index in [0.29, 0.717) is 5.69 Å². The Morgan fingerprint density at radius 3 is 2.39 bits per heavy atom. The summed E-state index contributed by atoms with van der Waals surface area (Å²) >= 11 is 0.968. The second kappa shape index (κ2) is 9.43. The average Bonchev–Trinajstić information content (AvgIpc) is 3.01. The Kier molecular flexibility index (Phi) is 6.71. The first-order chi connectivity index (χ1) is 14.8. The molecule has 0 bridgehead atoms. The lowest BCUT2D eigenvalue weighted by molar-refractivity contribution is -0.121. The SMILES string of the molecule is CN(C)c1ccc(C=NN=C(N)SC2CC(=O)N(c3ccc(C(=O)O)cc3)C2=O)cc1. The Morgan fingerprint density at radius 1 is 1.16 bits per heavy atom. The van der Waals surface area contributed by atoms with E-state index in [0.717, 1.165) is 27.9 Å². The molecule has 0 radical (unpaired) electrons. The van der Waals surface area contributed by atoms with Gasteiger partial charge in [-0.3, -0.25) is 9.59 Å². The Hall–Kier alpha value is -3.66. The molecule has 0 saturated carbocycles. The maximum Gasteiger partial charge on any atom is 0.335 e. The highest BCUT2D eigenvalue weighted by molar-refractivity contribution is 8.14. The third-order valence-electron chi connectivity index (χ3n) is 4.51. The molecular weight excluding hydrogens is 418 g/mol. The molecule has 2 aromatic rings. The number of carbonyl (C=O) groups excluding carboxylic acids is 2. The van der Waals surface area contributed by atoms with Gasteiger partial charge in [0.25, 0.3) is 0 Å². The zero-order valence-electron chi connectivity index (χ0n) is 16.9.